The van der Waals surface area contributed by atoms with Gasteiger partial charge in [-0.15, -0.1) is 0 Å². The Morgan fingerprint density at radius 2 is 2.38 bits per heavy atom. The predicted octanol–water partition coefficient (Wildman–Crippen LogP) is 0.279. The molecule has 2 fully saturated rings. The lowest BCUT2D eigenvalue weighted by Crippen LogP contribution is -2.47. The standard InChI is InChI=1S/C10H16F2N2O2/c1-9(2-3-13-6-9)14-5-7-4-10(11,12)8(15)16-7/h7,13-14H,2-6H2,1H3. The second kappa shape index (κ2) is 3.92. The van der Waals surface area contributed by atoms with E-state index in [9.17, 15) is 13.6 Å². The van der Waals surface area contributed by atoms with Crippen molar-refractivity contribution in [2.45, 2.75) is 37.3 Å². The third-order valence-corrected chi connectivity index (χ3v) is 3.18. The van der Waals surface area contributed by atoms with E-state index in [4.69, 9.17) is 0 Å². The molecule has 0 aromatic rings. The number of cyclic esters (lactones) is 1. The molecule has 6 heteroatoms. The molecule has 2 aliphatic heterocycles. The summed E-state index contributed by atoms with van der Waals surface area (Å²) in [4.78, 5) is 10.8. The molecule has 0 aliphatic carbocycles. The van der Waals surface area contributed by atoms with Crippen LogP contribution in [0.1, 0.15) is 19.8 Å². The number of alkyl halides is 2. The number of rotatable bonds is 3. The van der Waals surface area contributed by atoms with Gasteiger partial charge < -0.3 is 15.4 Å². The molecule has 2 heterocycles. The minimum absolute atomic E-state index is 0.0791. The zero-order valence-corrected chi connectivity index (χ0v) is 9.19. The van der Waals surface area contributed by atoms with E-state index in [1.165, 1.54) is 0 Å². The van der Waals surface area contributed by atoms with Crippen LogP contribution in [0.5, 0.6) is 0 Å². The Morgan fingerprint density at radius 3 is 2.88 bits per heavy atom. The van der Waals surface area contributed by atoms with Crippen molar-refractivity contribution < 1.29 is 18.3 Å². The highest BCUT2D eigenvalue weighted by Gasteiger charge is 2.50. The van der Waals surface area contributed by atoms with Gasteiger partial charge in [0, 0.05) is 18.6 Å². The molecular weight excluding hydrogens is 218 g/mol. The van der Waals surface area contributed by atoms with Crippen LogP contribution < -0.4 is 10.6 Å². The van der Waals surface area contributed by atoms with Gasteiger partial charge in [0.1, 0.15) is 6.10 Å². The summed E-state index contributed by atoms with van der Waals surface area (Å²) in [6.45, 7) is 4.05. The SMILES string of the molecule is CC1(NCC2CC(F)(F)C(=O)O2)CCNC1. The first-order valence-electron chi connectivity index (χ1n) is 5.46. The Balaban J connectivity index is 1.81. The lowest BCUT2D eigenvalue weighted by Gasteiger charge is -2.25. The van der Waals surface area contributed by atoms with Crippen molar-refractivity contribution in [1.29, 1.82) is 0 Å². The van der Waals surface area contributed by atoms with Gasteiger partial charge in [-0.2, -0.15) is 8.78 Å². The van der Waals surface area contributed by atoms with Crippen molar-refractivity contribution in [1.82, 2.24) is 10.6 Å². The highest BCUT2D eigenvalue weighted by atomic mass is 19.3. The molecule has 2 atom stereocenters. The molecule has 2 unspecified atom stereocenters. The first-order chi connectivity index (χ1) is 7.41. The summed E-state index contributed by atoms with van der Waals surface area (Å²) in [5.41, 5.74) is -0.0791. The number of hydrogen-bond acceptors (Lipinski definition) is 4. The molecule has 0 amide bonds. The van der Waals surface area contributed by atoms with Crippen molar-refractivity contribution in [2.24, 2.45) is 0 Å². The molecule has 0 bridgehead atoms. The lowest BCUT2D eigenvalue weighted by atomic mass is 10.0. The third-order valence-electron chi connectivity index (χ3n) is 3.18. The van der Waals surface area contributed by atoms with Crippen LogP contribution in [0.3, 0.4) is 0 Å². The Bertz CT molecular complexity index is 291. The maximum atomic E-state index is 12.9. The maximum absolute atomic E-state index is 12.9. The molecule has 0 radical (unpaired) electrons. The summed E-state index contributed by atoms with van der Waals surface area (Å²) in [6.07, 6.45) is -0.271. The summed E-state index contributed by atoms with van der Waals surface area (Å²) >= 11 is 0. The van der Waals surface area contributed by atoms with Crippen LogP contribution in [0.2, 0.25) is 0 Å². The molecule has 0 aromatic heterocycles. The van der Waals surface area contributed by atoms with Crippen LogP contribution in [-0.4, -0.2) is 43.2 Å². The Morgan fingerprint density at radius 1 is 1.62 bits per heavy atom. The zero-order chi connectivity index (χ0) is 11.8. The van der Waals surface area contributed by atoms with Crippen molar-refractivity contribution >= 4 is 5.97 Å². The molecule has 92 valence electrons. The second-order valence-electron chi connectivity index (χ2n) is 4.80. The van der Waals surface area contributed by atoms with E-state index in [2.05, 4.69) is 15.4 Å². The van der Waals surface area contributed by atoms with Gasteiger partial charge in [0.25, 0.3) is 0 Å². The van der Waals surface area contributed by atoms with Gasteiger partial charge in [-0.25, -0.2) is 4.79 Å². The van der Waals surface area contributed by atoms with E-state index in [-0.39, 0.29) is 5.54 Å². The average molecular weight is 234 g/mol. The van der Waals surface area contributed by atoms with Gasteiger partial charge >= 0.3 is 11.9 Å². The molecule has 0 spiro atoms. The van der Waals surface area contributed by atoms with Gasteiger partial charge in [0.2, 0.25) is 0 Å². The Labute approximate surface area is 92.7 Å². The number of halogens is 2. The highest BCUT2D eigenvalue weighted by Crippen LogP contribution is 2.30. The zero-order valence-electron chi connectivity index (χ0n) is 9.19. The fraction of sp³-hybridized carbons (Fsp3) is 0.900. The van der Waals surface area contributed by atoms with Crippen molar-refractivity contribution in [2.75, 3.05) is 19.6 Å². The molecule has 16 heavy (non-hydrogen) atoms. The first kappa shape index (κ1) is 11.7. The molecule has 2 aliphatic rings. The lowest BCUT2D eigenvalue weighted by molar-refractivity contribution is -0.159. The van der Waals surface area contributed by atoms with Gasteiger partial charge in [0.05, 0.1) is 6.42 Å². The summed E-state index contributed by atoms with van der Waals surface area (Å²) in [5, 5.41) is 6.38. The van der Waals surface area contributed by atoms with Crippen LogP contribution in [0.25, 0.3) is 0 Å². The van der Waals surface area contributed by atoms with Crippen molar-refractivity contribution in [3.05, 3.63) is 0 Å². The van der Waals surface area contributed by atoms with E-state index in [0.29, 0.717) is 6.54 Å². The number of hydrogen-bond donors (Lipinski definition) is 2. The minimum Gasteiger partial charge on any atom is -0.456 e. The molecule has 2 N–H and O–H groups in total. The normalized spacial score (nSPS) is 37.7. The smallest absolute Gasteiger partial charge is 0.377 e. The fourth-order valence-electron chi connectivity index (χ4n) is 2.09. The molecule has 2 saturated heterocycles. The average Bonchev–Trinajstić information content (AvgIpc) is 2.71. The number of carbonyl (C=O) groups excluding carboxylic acids is 1. The van der Waals surface area contributed by atoms with Crippen LogP contribution in [0.15, 0.2) is 0 Å². The van der Waals surface area contributed by atoms with Crippen LogP contribution in [0.4, 0.5) is 8.78 Å². The summed E-state index contributed by atoms with van der Waals surface area (Å²) in [6, 6.07) is 0. The molecule has 0 aromatic carbocycles. The monoisotopic (exact) mass is 234 g/mol. The quantitative estimate of drug-likeness (QED) is 0.689. The summed E-state index contributed by atoms with van der Waals surface area (Å²) in [5.74, 6) is -4.70. The third kappa shape index (κ3) is 2.32. The number of carbonyl (C=O) groups is 1. The first-order valence-corrected chi connectivity index (χ1v) is 5.46. The number of esters is 1. The van der Waals surface area contributed by atoms with Crippen molar-refractivity contribution in [3.63, 3.8) is 0 Å². The summed E-state index contributed by atoms with van der Waals surface area (Å²) < 4.78 is 30.3. The Kier molecular flexibility index (Phi) is 2.88. The Hall–Kier alpha value is -0.750. The number of nitrogens with one attached hydrogen (secondary N) is 2. The van der Waals surface area contributed by atoms with E-state index in [1.807, 2.05) is 6.92 Å². The van der Waals surface area contributed by atoms with Gasteiger partial charge in [-0.05, 0) is 19.9 Å². The van der Waals surface area contributed by atoms with E-state index in [0.717, 1.165) is 19.5 Å². The molecule has 2 rings (SSSR count). The maximum Gasteiger partial charge on any atom is 0.377 e. The molecular formula is C10H16F2N2O2. The topological polar surface area (TPSA) is 50.4 Å². The fourth-order valence-corrected chi connectivity index (χ4v) is 2.09. The van der Waals surface area contributed by atoms with Gasteiger partial charge in [-0.3, -0.25) is 0 Å². The summed E-state index contributed by atoms with van der Waals surface area (Å²) in [7, 11) is 0. The van der Waals surface area contributed by atoms with Crippen molar-refractivity contribution in [3.8, 4) is 0 Å². The van der Waals surface area contributed by atoms with Crippen LogP contribution >= 0.6 is 0 Å². The largest absolute Gasteiger partial charge is 0.456 e. The highest BCUT2D eigenvalue weighted by molar-refractivity contribution is 5.79. The minimum atomic E-state index is -3.30. The van der Waals surface area contributed by atoms with E-state index < -0.39 is 24.4 Å². The van der Waals surface area contributed by atoms with Gasteiger partial charge in [0.15, 0.2) is 0 Å². The van der Waals surface area contributed by atoms with E-state index in [1.54, 1.807) is 0 Å². The molecule has 0 saturated carbocycles. The molecule has 4 nitrogen and oxygen atoms in total. The van der Waals surface area contributed by atoms with Gasteiger partial charge in [-0.1, -0.05) is 0 Å². The predicted molar refractivity (Wildman–Crippen MR) is 53.3 cm³/mol. The van der Waals surface area contributed by atoms with Crippen LogP contribution in [-0.2, 0) is 9.53 Å². The number of ether oxygens (including phenoxy) is 1. The second-order valence-corrected chi connectivity index (χ2v) is 4.80. The van der Waals surface area contributed by atoms with Crippen LogP contribution in [0, 0.1) is 0 Å². The van der Waals surface area contributed by atoms with E-state index >= 15 is 0 Å².